The van der Waals surface area contributed by atoms with Crippen molar-refractivity contribution in [3.05, 3.63) is 40.9 Å². The molecule has 1 N–H and O–H groups in total. The number of halogens is 1. The van der Waals surface area contributed by atoms with Crippen molar-refractivity contribution in [3.63, 3.8) is 0 Å². The molecule has 6 heteroatoms. The lowest BCUT2D eigenvalue weighted by Crippen LogP contribution is -2.12. The highest BCUT2D eigenvalue weighted by Gasteiger charge is 2.09. The predicted octanol–water partition coefficient (Wildman–Crippen LogP) is 3.20. The Morgan fingerprint density at radius 3 is 2.86 bits per heavy atom. The summed E-state index contributed by atoms with van der Waals surface area (Å²) in [6.07, 6.45) is 1.54. The van der Waals surface area contributed by atoms with Crippen LogP contribution in [-0.2, 0) is 13.2 Å². The number of nitrogens with one attached hydrogen (secondary N) is 1. The summed E-state index contributed by atoms with van der Waals surface area (Å²) in [5, 5.41) is 8.06. The molecule has 2 aromatic rings. The SMILES string of the molecule is CCNCc1ccc(OCc2ncnn2C(C)C)c(Cl)c1. The largest absolute Gasteiger partial charge is 0.484 e. The van der Waals surface area contributed by atoms with E-state index in [0.717, 1.165) is 24.5 Å². The molecule has 0 aliphatic carbocycles. The second-order valence-corrected chi connectivity index (χ2v) is 5.46. The van der Waals surface area contributed by atoms with Gasteiger partial charge in [-0.1, -0.05) is 24.6 Å². The first-order valence-electron chi connectivity index (χ1n) is 7.12. The number of benzene rings is 1. The zero-order valence-electron chi connectivity index (χ0n) is 12.6. The molecule has 0 radical (unpaired) electrons. The minimum atomic E-state index is 0.254. The van der Waals surface area contributed by atoms with Crippen LogP contribution in [0, 0.1) is 0 Å². The van der Waals surface area contributed by atoms with E-state index < -0.39 is 0 Å². The van der Waals surface area contributed by atoms with Crippen LogP contribution >= 0.6 is 11.6 Å². The van der Waals surface area contributed by atoms with Crippen molar-refractivity contribution < 1.29 is 4.74 Å². The zero-order valence-corrected chi connectivity index (χ0v) is 13.4. The second-order valence-electron chi connectivity index (χ2n) is 5.05. The Morgan fingerprint density at radius 1 is 1.38 bits per heavy atom. The van der Waals surface area contributed by atoms with Crippen molar-refractivity contribution in [2.45, 2.75) is 40.0 Å². The third-order valence-electron chi connectivity index (χ3n) is 3.07. The number of rotatable bonds is 7. The van der Waals surface area contributed by atoms with E-state index in [1.165, 1.54) is 0 Å². The molecule has 1 aromatic carbocycles. The number of nitrogens with zero attached hydrogens (tertiary/aromatic N) is 3. The molecule has 0 aliphatic heterocycles. The minimum Gasteiger partial charge on any atom is -0.484 e. The van der Waals surface area contributed by atoms with Gasteiger partial charge >= 0.3 is 0 Å². The van der Waals surface area contributed by atoms with E-state index in [2.05, 4.69) is 36.2 Å². The lowest BCUT2D eigenvalue weighted by atomic mass is 10.2. The van der Waals surface area contributed by atoms with Gasteiger partial charge in [0.15, 0.2) is 5.82 Å². The van der Waals surface area contributed by atoms with Gasteiger partial charge in [-0.2, -0.15) is 5.10 Å². The van der Waals surface area contributed by atoms with E-state index in [-0.39, 0.29) is 6.04 Å². The Balaban J connectivity index is 2.01. The van der Waals surface area contributed by atoms with Crippen LogP contribution < -0.4 is 10.1 Å². The minimum absolute atomic E-state index is 0.254. The summed E-state index contributed by atoms with van der Waals surface area (Å²) in [5.74, 6) is 1.45. The van der Waals surface area contributed by atoms with Crippen LogP contribution in [0.25, 0.3) is 0 Å². The summed E-state index contributed by atoms with van der Waals surface area (Å²) in [6.45, 7) is 8.27. The Morgan fingerprint density at radius 2 is 2.19 bits per heavy atom. The Labute approximate surface area is 130 Å². The fraction of sp³-hybridized carbons (Fsp3) is 0.467. The third kappa shape index (κ3) is 4.19. The molecule has 0 unspecified atom stereocenters. The van der Waals surface area contributed by atoms with Crippen LogP contribution in [0.5, 0.6) is 5.75 Å². The summed E-state index contributed by atoms with van der Waals surface area (Å²) >= 11 is 6.26. The van der Waals surface area contributed by atoms with Gasteiger partial charge in [-0.05, 0) is 38.1 Å². The molecular formula is C15H21ClN4O. The highest BCUT2D eigenvalue weighted by Crippen LogP contribution is 2.26. The quantitative estimate of drug-likeness (QED) is 0.853. The normalized spacial score (nSPS) is 11.1. The molecule has 1 heterocycles. The highest BCUT2D eigenvalue weighted by molar-refractivity contribution is 6.32. The van der Waals surface area contributed by atoms with Gasteiger partial charge in [0.2, 0.25) is 0 Å². The van der Waals surface area contributed by atoms with Gasteiger partial charge in [0.05, 0.1) is 5.02 Å². The number of hydrogen-bond donors (Lipinski definition) is 1. The van der Waals surface area contributed by atoms with Crippen molar-refractivity contribution in [2.75, 3.05) is 6.54 Å². The summed E-state index contributed by atoms with van der Waals surface area (Å²) in [7, 11) is 0. The van der Waals surface area contributed by atoms with Crippen LogP contribution in [0.2, 0.25) is 5.02 Å². The monoisotopic (exact) mass is 308 g/mol. The van der Waals surface area contributed by atoms with Gasteiger partial charge < -0.3 is 10.1 Å². The molecule has 0 spiro atoms. The molecule has 21 heavy (non-hydrogen) atoms. The van der Waals surface area contributed by atoms with Gasteiger partial charge in [-0.15, -0.1) is 0 Å². The zero-order chi connectivity index (χ0) is 15.2. The van der Waals surface area contributed by atoms with E-state index in [1.807, 2.05) is 22.9 Å². The smallest absolute Gasteiger partial charge is 0.165 e. The lowest BCUT2D eigenvalue weighted by molar-refractivity contribution is 0.282. The first-order chi connectivity index (χ1) is 10.1. The first kappa shape index (κ1) is 15.8. The molecule has 2 rings (SSSR count). The Hall–Kier alpha value is -1.59. The fourth-order valence-corrected chi connectivity index (χ4v) is 2.25. The Bertz CT molecular complexity index is 583. The van der Waals surface area contributed by atoms with Crippen LogP contribution in [0.1, 0.15) is 38.2 Å². The van der Waals surface area contributed by atoms with E-state index in [4.69, 9.17) is 16.3 Å². The summed E-state index contributed by atoms with van der Waals surface area (Å²) in [5.41, 5.74) is 1.14. The van der Waals surface area contributed by atoms with Crippen molar-refractivity contribution >= 4 is 11.6 Å². The number of ether oxygens (including phenoxy) is 1. The number of aromatic nitrogens is 3. The average molecular weight is 309 g/mol. The lowest BCUT2D eigenvalue weighted by Gasteiger charge is -2.12. The van der Waals surface area contributed by atoms with Crippen molar-refractivity contribution in [1.29, 1.82) is 0 Å². The third-order valence-corrected chi connectivity index (χ3v) is 3.36. The molecule has 0 bridgehead atoms. The van der Waals surface area contributed by atoms with E-state index in [0.29, 0.717) is 17.4 Å². The summed E-state index contributed by atoms with van der Waals surface area (Å²) in [6, 6.07) is 6.08. The molecule has 0 atom stereocenters. The molecule has 0 fully saturated rings. The predicted molar refractivity (Wildman–Crippen MR) is 83.6 cm³/mol. The van der Waals surface area contributed by atoms with Crippen LogP contribution in [0.15, 0.2) is 24.5 Å². The maximum absolute atomic E-state index is 6.26. The van der Waals surface area contributed by atoms with E-state index in [9.17, 15) is 0 Å². The maximum Gasteiger partial charge on any atom is 0.165 e. The van der Waals surface area contributed by atoms with Crippen molar-refractivity contribution in [1.82, 2.24) is 20.1 Å². The van der Waals surface area contributed by atoms with Crippen LogP contribution in [0.4, 0.5) is 0 Å². The van der Waals surface area contributed by atoms with Crippen molar-refractivity contribution in [2.24, 2.45) is 0 Å². The van der Waals surface area contributed by atoms with Gasteiger partial charge in [0, 0.05) is 12.6 Å². The van der Waals surface area contributed by atoms with Gasteiger partial charge in [0.1, 0.15) is 18.7 Å². The molecule has 0 saturated heterocycles. The molecule has 0 saturated carbocycles. The first-order valence-corrected chi connectivity index (χ1v) is 7.50. The van der Waals surface area contributed by atoms with E-state index >= 15 is 0 Å². The van der Waals surface area contributed by atoms with E-state index in [1.54, 1.807) is 6.33 Å². The molecule has 114 valence electrons. The number of hydrogen-bond acceptors (Lipinski definition) is 4. The summed E-state index contributed by atoms with van der Waals surface area (Å²) < 4.78 is 7.60. The molecule has 0 aliphatic rings. The van der Waals surface area contributed by atoms with Crippen molar-refractivity contribution in [3.8, 4) is 5.75 Å². The summed E-state index contributed by atoms with van der Waals surface area (Å²) in [4.78, 5) is 4.21. The van der Waals surface area contributed by atoms with Gasteiger partial charge in [-0.25, -0.2) is 9.67 Å². The van der Waals surface area contributed by atoms with Gasteiger partial charge in [0.25, 0.3) is 0 Å². The molecule has 0 amide bonds. The molecular weight excluding hydrogens is 288 g/mol. The fourth-order valence-electron chi connectivity index (χ4n) is 1.99. The second kappa shape index (κ2) is 7.43. The Kier molecular flexibility index (Phi) is 5.59. The molecule has 5 nitrogen and oxygen atoms in total. The average Bonchev–Trinajstić information content (AvgIpc) is 2.92. The van der Waals surface area contributed by atoms with Gasteiger partial charge in [-0.3, -0.25) is 0 Å². The maximum atomic E-state index is 6.26. The molecule has 1 aromatic heterocycles. The van der Waals surface area contributed by atoms with Crippen LogP contribution in [-0.4, -0.2) is 21.3 Å². The highest BCUT2D eigenvalue weighted by atomic mass is 35.5. The standard InChI is InChI=1S/C15H21ClN4O/c1-4-17-8-12-5-6-14(13(16)7-12)21-9-15-18-10-19-20(15)11(2)3/h5-7,10-11,17H,4,8-9H2,1-3H3. The van der Waals surface area contributed by atoms with Crippen LogP contribution in [0.3, 0.4) is 0 Å². The topological polar surface area (TPSA) is 52.0 Å².